The Morgan fingerprint density at radius 2 is 2.12 bits per heavy atom. The number of aliphatic hydroxyl groups is 1. The maximum Gasteiger partial charge on any atom is 0.219 e. The number of carbonyl (C=O) groups is 1. The van der Waals surface area contributed by atoms with E-state index in [-0.39, 0.29) is 12.5 Å². The van der Waals surface area contributed by atoms with Crippen LogP contribution in [0.1, 0.15) is 32.6 Å². The number of carbonyl (C=O) groups excluding carboxylic acids is 1. The average Bonchev–Trinajstić information content (AvgIpc) is 3.10. The summed E-state index contributed by atoms with van der Waals surface area (Å²) in [7, 11) is 0. The first-order chi connectivity index (χ1) is 7.72. The predicted octanol–water partition coefficient (Wildman–Crippen LogP) is 0.454. The summed E-state index contributed by atoms with van der Waals surface area (Å²) in [5.74, 6) is 0.185. The van der Waals surface area contributed by atoms with Gasteiger partial charge in [-0.1, -0.05) is 0 Å². The zero-order valence-electron chi connectivity index (χ0n) is 10.1. The van der Waals surface area contributed by atoms with Crippen LogP contribution in [0.5, 0.6) is 0 Å². The summed E-state index contributed by atoms with van der Waals surface area (Å²) < 4.78 is 0. The van der Waals surface area contributed by atoms with Gasteiger partial charge >= 0.3 is 0 Å². The number of rotatable bonds is 4. The fourth-order valence-corrected chi connectivity index (χ4v) is 2.70. The molecule has 1 aliphatic heterocycles. The van der Waals surface area contributed by atoms with Crippen LogP contribution in [0.2, 0.25) is 0 Å². The Balaban J connectivity index is 1.93. The molecule has 2 rings (SSSR count). The van der Waals surface area contributed by atoms with Gasteiger partial charge in [0.15, 0.2) is 0 Å². The molecule has 0 unspecified atom stereocenters. The highest BCUT2D eigenvalue weighted by atomic mass is 16.3. The Labute approximate surface area is 97.2 Å². The number of likely N-dealkylation sites (tertiary alicyclic amines) is 1. The van der Waals surface area contributed by atoms with Crippen LogP contribution in [0, 0.1) is 0 Å². The van der Waals surface area contributed by atoms with Crippen molar-refractivity contribution in [3.63, 3.8) is 0 Å². The van der Waals surface area contributed by atoms with Gasteiger partial charge in [0.1, 0.15) is 0 Å². The molecular formula is C12H22N2O2. The molecule has 1 N–H and O–H groups in total. The van der Waals surface area contributed by atoms with Gasteiger partial charge in [0, 0.05) is 38.6 Å². The second-order valence-electron chi connectivity index (χ2n) is 4.95. The van der Waals surface area contributed by atoms with E-state index in [1.54, 1.807) is 6.92 Å². The van der Waals surface area contributed by atoms with Crippen LogP contribution in [-0.2, 0) is 4.79 Å². The van der Waals surface area contributed by atoms with Gasteiger partial charge in [0.25, 0.3) is 0 Å². The summed E-state index contributed by atoms with van der Waals surface area (Å²) in [6.07, 6.45) is 4.78. The van der Waals surface area contributed by atoms with Gasteiger partial charge in [0.05, 0.1) is 6.61 Å². The summed E-state index contributed by atoms with van der Waals surface area (Å²) in [6, 6.07) is 1.14. The second-order valence-corrected chi connectivity index (χ2v) is 4.95. The number of hydrogen-bond acceptors (Lipinski definition) is 3. The fraction of sp³-hybridized carbons (Fsp3) is 0.917. The van der Waals surface area contributed by atoms with E-state index in [1.807, 2.05) is 4.90 Å². The molecule has 4 nitrogen and oxygen atoms in total. The molecule has 0 bridgehead atoms. The van der Waals surface area contributed by atoms with Crippen molar-refractivity contribution in [2.45, 2.75) is 44.7 Å². The summed E-state index contributed by atoms with van der Waals surface area (Å²) in [5.41, 5.74) is 0. The Bertz CT molecular complexity index is 253. The van der Waals surface area contributed by atoms with E-state index in [9.17, 15) is 4.79 Å². The number of hydrogen-bond donors (Lipinski definition) is 1. The van der Waals surface area contributed by atoms with E-state index in [1.165, 1.54) is 19.3 Å². The van der Waals surface area contributed by atoms with Crippen molar-refractivity contribution in [3.8, 4) is 0 Å². The number of piperidine rings is 1. The summed E-state index contributed by atoms with van der Waals surface area (Å²) >= 11 is 0. The maximum absolute atomic E-state index is 11.4. The van der Waals surface area contributed by atoms with Crippen molar-refractivity contribution in [1.82, 2.24) is 9.80 Å². The molecular weight excluding hydrogens is 204 g/mol. The van der Waals surface area contributed by atoms with E-state index in [2.05, 4.69) is 4.90 Å². The Kier molecular flexibility index (Phi) is 3.82. The van der Waals surface area contributed by atoms with Crippen molar-refractivity contribution in [2.24, 2.45) is 0 Å². The second kappa shape index (κ2) is 5.15. The first kappa shape index (κ1) is 11.9. The van der Waals surface area contributed by atoms with Crippen LogP contribution < -0.4 is 0 Å². The first-order valence-electron chi connectivity index (χ1n) is 6.34. The van der Waals surface area contributed by atoms with Crippen LogP contribution in [0.4, 0.5) is 0 Å². The minimum absolute atomic E-state index is 0.185. The molecule has 0 aromatic carbocycles. The van der Waals surface area contributed by atoms with Gasteiger partial charge in [-0.25, -0.2) is 0 Å². The van der Waals surface area contributed by atoms with Crippen LogP contribution in [0.15, 0.2) is 0 Å². The number of nitrogens with zero attached hydrogens (tertiary/aromatic N) is 2. The minimum Gasteiger partial charge on any atom is -0.395 e. The number of aliphatic hydroxyl groups excluding tert-OH is 1. The lowest BCUT2D eigenvalue weighted by Crippen LogP contribution is -2.50. The Morgan fingerprint density at radius 3 is 2.69 bits per heavy atom. The maximum atomic E-state index is 11.4. The van der Waals surface area contributed by atoms with Crippen LogP contribution in [-0.4, -0.2) is 59.1 Å². The highest BCUT2D eigenvalue weighted by Gasteiger charge is 2.35. The molecule has 0 aromatic heterocycles. The molecule has 1 atom stereocenters. The minimum atomic E-state index is 0.185. The van der Waals surface area contributed by atoms with E-state index < -0.39 is 0 Å². The van der Waals surface area contributed by atoms with Crippen molar-refractivity contribution < 1.29 is 9.90 Å². The summed E-state index contributed by atoms with van der Waals surface area (Å²) in [6.45, 7) is 4.40. The van der Waals surface area contributed by atoms with Crippen molar-refractivity contribution in [3.05, 3.63) is 0 Å². The predicted molar refractivity (Wildman–Crippen MR) is 62.1 cm³/mol. The summed E-state index contributed by atoms with van der Waals surface area (Å²) in [4.78, 5) is 15.7. The molecule has 1 heterocycles. The lowest BCUT2D eigenvalue weighted by atomic mass is 10.0. The quantitative estimate of drug-likeness (QED) is 0.757. The van der Waals surface area contributed by atoms with Crippen molar-refractivity contribution in [1.29, 1.82) is 0 Å². The van der Waals surface area contributed by atoms with Gasteiger partial charge in [0.2, 0.25) is 5.91 Å². The lowest BCUT2D eigenvalue weighted by Gasteiger charge is -2.39. The smallest absolute Gasteiger partial charge is 0.219 e. The van der Waals surface area contributed by atoms with Crippen LogP contribution in [0.25, 0.3) is 0 Å². The SMILES string of the molecule is CC(=O)N1CCC[C@@H](N(CCO)C2CC2)C1. The van der Waals surface area contributed by atoms with Gasteiger partial charge in [-0.2, -0.15) is 0 Å². The number of amides is 1. The van der Waals surface area contributed by atoms with Gasteiger partial charge in [-0.05, 0) is 25.7 Å². The van der Waals surface area contributed by atoms with Crippen molar-refractivity contribution >= 4 is 5.91 Å². The lowest BCUT2D eigenvalue weighted by molar-refractivity contribution is -0.131. The topological polar surface area (TPSA) is 43.8 Å². The third-order valence-electron chi connectivity index (χ3n) is 3.68. The molecule has 92 valence electrons. The van der Waals surface area contributed by atoms with Gasteiger partial charge in [-0.3, -0.25) is 9.69 Å². The molecule has 2 fully saturated rings. The molecule has 0 spiro atoms. The van der Waals surface area contributed by atoms with E-state index >= 15 is 0 Å². The van der Waals surface area contributed by atoms with Crippen molar-refractivity contribution in [2.75, 3.05) is 26.2 Å². The molecule has 1 aliphatic carbocycles. The average molecular weight is 226 g/mol. The third-order valence-corrected chi connectivity index (χ3v) is 3.68. The molecule has 0 aromatic rings. The molecule has 1 amide bonds. The standard InChI is InChI=1S/C12H22N2O2/c1-10(16)13-6-2-3-12(9-13)14(7-8-15)11-4-5-11/h11-12,15H,2-9H2,1H3/t12-/m1/s1. The zero-order chi connectivity index (χ0) is 11.5. The van der Waals surface area contributed by atoms with E-state index in [4.69, 9.17) is 5.11 Å². The van der Waals surface area contributed by atoms with Gasteiger partial charge < -0.3 is 10.0 Å². The van der Waals surface area contributed by atoms with E-state index in [0.717, 1.165) is 26.1 Å². The first-order valence-corrected chi connectivity index (χ1v) is 6.34. The van der Waals surface area contributed by atoms with Crippen LogP contribution >= 0.6 is 0 Å². The summed E-state index contributed by atoms with van der Waals surface area (Å²) in [5, 5.41) is 9.10. The Hall–Kier alpha value is -0.610. The molecule has 1 saturated heterocycles. The largest absolute Gasteiger partial charge is 0.395 e. The van der Waals surface area contributed by atoms with Gasteiger partial charge in [-0.15, -0.1) is 0 Å². The van der Waals surface area contributed by atoms with E-state index in [0.29, 0.717) is 12.1 Å². The zero-order valence-corrected chi connectivity index (χ0v) is 10.1. The molecule has 0 radical (unpaired) electrons. The van der Waals surface area contributed by atoms with Crippen LogP contribution in [0.3, 0.4) is 0 Å². The monoisotopic (exact) mass is 226 g/mol. The fourth-order valence-electron chi connectivity index (χ4n) is 2.70. The molecule has 4 heteroatoms. The normalized spacial score (nSPS) is 26.2. The molecule has 1 saturated carbocycles. The highest BCUT2D eigenvalue weighted by Crippen LogP contribution is 2.30. The third kappa shape index (κ3) is 2.74. The molecule has 2 aliphatic rings. The Morgan fingerprint density at radius 1 is 1.38 bits per heavy atom. The highest BCUT2D eigenvalue weighted by molar-refractivity contribution is 5.73. The molecule has 16 heavy (non-hydrogen) atoms.